The summed E-state index contributed by atoms with van der Waals surface area (Å²) in [5.74, 6) is -0.241. The molecule has 1 atom stereocenters. The SMILES string of the molecule is CCC[C@@H](NC(=O)c1ccncc1)C(=O)Nc1nc2ccccc2[nH]1. The van der Waals surface area contributed by atoms with Crippen LogP contribution in [0, 0.1) is 0 Å². The van der Waals surface area contributed by atoms with E-state index in [9.17, 15) is 9.59 Å². The van der Waals surface area contributed by atoms with Gasteiger partial charge in [0.25, 0.3) is 5.91 Å². The smallest absolute Gasteiger partial charge is 0.252 e. The zero-order valence-electron chi connectivity index (χ0n) is 13.8. The number of para-hydroxylation sites is 2. The number of imidazole rings is 1. The Hall–Kier alpha value is -3.22. The fraction of sp³-hybridized carbons (Fsp3) is 0.222. The number of hydrogen-bond acceptors (Lipinski definition) is 4. The van der Waals surface area contributed by atoms with Crippen molar-refractivity contribution in [1.29, 1.82) is 0 Å². The fourth-order valence-electron chi connectivity index (χ4n) is 2.52. The second-order valence-electron chi connectivity index (χ2n) is 5.64. The molecule has 1 aromatic carbocycles. The van der Waals surface area contributed by atoms with Crippen LogP contribution in [0.5, 0.6) is 0 Å². The molecule has 7 nitrogen and oxygen atoms in total. The molecular weight excluding hydrogens is 318 g/mol. The fourth-order valence-corrected chi connectivity index (χ4v) is 2.52. The van der Waals surface area contributed by atoms with E-state index in [1.165, 1.54) is 12.4 Å². The molecule has 3 rings (SSSR count). The first-order chi connectivity index (χ1) is 12.2. The molecule has 0 unspecified atom stereocenters. The Balaban J connectivity index is 1.70. The number of nitrogens with one attached hydrogen (secondary N) is 3. The number of rotatable bonds is 6. The molecule has 2 heterocycles. The van der Waals surface area contributed by atoms with Gasteiger partial charge in [0.05, 0.1) is 11.0 Å². The molecule has 2 amide bonds. The molecule has 0 spiro atoms. The first-order valence-electron chi connectivity index (χ1n) is 8.14. The number of carbonyl (C=O) groups is 2. The van der Waals surface area contributed by atoms with Gasteiger partial charge in [-0.2, -0.15) is 0 Å². The molecule has 2 aromatic heterocycles. The number of anilines is 1. The van der Waals surface area contributed by atoms with Crippen LogP contribution in [-0.2, 0) is 4.79 Å². The van der Waals surface area contributed by atoms with Crippen LogP contribution < -0.4 is 10.6 Å². The molecule has 0 fully saturated rings. The summed E-state index contributed by atoms with van der Waals surface area (Å²) in [6.07, 6.45) is 4.37. The third-order valence-corrected chi connectivity index (χ3v) is 3.77. The van der Waals surface area contributed by atoms with E-state index in [4.69, 9.17) is 0 Å². The quantitative estimate of drug-likeness (QED) is 0.643. The van der Waals surface area contributed by atoms with Gasteiger partial charge in [-0.15, -0.1) is 0 Å². The van der Waals surface area contributed by atoms with E-state index in [1.54, 1.807) is 12.1 Å². The molecule has 0 bridgehead atoms. The number of amides is 2. The lowest BCUT2D eigenvalue weighted by Gasteiger charge is -2.17. The van der Waals surface area contributed by atoms with E-state index < -0.39 is 6.04 Å². The molecule has 25 heavy (non-hydrogen) atoms. The zero-order chi connectivity index (χ0) is 17.6. The van der Waals surface area contributed by atoms with E-state index in [0.717, 1.165) is 17.5 Å². The summed E-state index contributed by atoms with van der Waals surface area (Å²) in [7, 11) is 0. The highest BCUT2D eigenvalue weighted by Crippen LogP contribution is 2.14. The molecule has 0 aliphatic rings. The lowest BCUT2D eigenvalue weighted by Crippen LogP contribution is -2.43. The standard InChI is InChI=1S/C18H19N5O2/c1-2-5-15(20-16(24)12-8-10-19-11-9-12)17(25)23-18-21-13-6-3-4-7-14(13)22-18/h3-4,6-11,15H,2,5H2,1H3,(H,20,24)(H2,21,22,23,25)/t15-/m1/s1. The number of nitrogens with zero attached hydrogens (tertiary/aromatic N) is 2. The lowest BCUT2D eigenvalue weighted by atomic mass is 10.1. The highest BCUT2D eigenvalue weighted by Gasteiger charge is 2.21. The van der Waals surface area contributed by atoms with Gasteiger partial charge in [-0.3, -0.25) is 19.9 Å². The molecule has 0 aliphatic carbocycles. The first kappa shape index (κ1) is 16.6. The number of aromatic amines is 1. The summed E-state index contributed by atoms with van der Waals surface area (Å²) >= 11 is 0. The number of carbonyl (C=O) groups excluding carboxylic acids is 2. The van der Waals surface area contributed by atoms with Crippen molar-refractivity contribution < 1.29 is 9.59 Å². The van der Waals surface area contributed by atoms with Crippen molar-refractivity contribution in [1.82, 2.24) is 20.3 Å². The number of H-pyrrole nitrogens is 1. The van der Waals surface area contributed by atoms with E-state index in [2.05, 4.69) is 25.6 Å². The van der Waals surface area contributed by atoms with Gasteiger partial charge in [-0.05, 0) is 30.7 Å². The molecule has 7 heteroatoms. The van der Waals surface area contributed by atoms with Crippen LogP contribution >= 0.6 is 0 Å². The molecule has 0 saturated carbocycles. The van der Waals surface area contributed by atoms with E-state index in [0.29, 0.717) is 17.9 Å². The van der Waals surface area contributed by atoms with Gasteiger partial charge in [0, 0.05) is 18.0 Å². The zero-order valence-corrected chi connectivity index (χ0v) is 13.8. The predicted molar refractivity (Wildman–Crippen MR) is 95.1 cm³/mol. The first-order valence-corrected chi connectivity index (χ1v) is 8.14. The predicted octanol–water partition coefficient (Wildman–Crippen LogP) is 2.50. The summed E-state index contributed by atoms with van der Waals surface area (Å²) in [5.41, 5.74) is 2.07. The number of pyridine rings is 1. The number of hydrogen-bond donors (Lipinski definition) is 3. The van der Waals surface area contributed by atoms with Crippen LogP contribution in [0.15, 0.2) is 48.8 Å². The van der Waals surface area contributed by atoms with Crippen molar-refractivity contribution in [3.8, 4) is 0 Å². The molecule has 0 saturated heterocycles. The third kappa shape index (κ3) is 4.00. The topological polar surface area (TPSA) is 99.8 Å². The van der Waals surface area contributed by atoms with Crippen LogP contribution in [0.25, 0.3) is 11.0 Å². The maximum Gasteiger partial charge on any atom is 0.252 e. The molecule has 0 radical (unpaired) electrons. The third-order valence-electron chi connectivity index (χ3n) is 3.77. The molecule has 0 aliphatic heterocycles. The van der Waals surface area contributed by atoms with Crippen molar-refractivity contribution in [2.24, 2.45) is 0 Å². The van der Waals surface area contributed by atoms with E-state index >= 15 is 0 Å². The highest BCUT2D eigenvalue weighted by molar-refractivity contribution is 6.01. The molecule has 128 valence electrons. The monoisotopic (exact) mass is 337 g/mol. The Bertz CT molecular complexity index is 842. The second kappa shape index (κ2) is 7.57. The average Bonchev–Trinajstić information content (AvgIpc) is 3.04. The van der Waals surface area contributed by atoms with Crippen LogP contribution in [0.3, 0.4) is 0 Å². The van der Waals surface area contributed by atoms with E-state index in [1.807, 2.05) is 31.2 Å². The van der Waals surface area contributed by atoms with Gasteiger partial charge in [-0.1, -0.05) is 25.5 Å². The minimum Gasteiger partial charge on any atom is -0.340 e. The van der Waals surface area contributed by atoms with Crippen molar-refractivity contribution in [2.45, 2.75) is 25.8 Å². The van der Waals surface area contributed by atoms with E-state index in [-0.39, 0.29) is 11.8 Å². The molecule has 3 aromatic rings. The normalized spacial score (nSPS) is 11.9. The van der Waals surface area contributed by atoms with Gasteiger partial charge >= 0.3 is 0 Å². The molecular formula is C18H19N5O2. The summed E-state index contributed by atoms with van der Waals surface area (Å²) in [6.45, 7) is 1.96. The van der Waals surface area contributed by atoms with Crippen molar-refractivity contribution in [3.63, 3.8) is 0 Å². The largest absolute Gasteiger partial charge is 0.340 e. The molecule has 3 N–H and O–H groups in total. The minimum atomic E-state index is -0.640. The van der Waals surface area contributed by atoms with Crippen LogP contribution in [0.1, 0.15) is 30.1 Å². The van der Waals surface area contributed by atoms with Crippen LogP contribution in [-0.4, -0.2) is 32.8 Å². The Morgan fingerprint density at radius 3 is 2.64 bits per heavy atom. The van der Waals surface area contributed by atoms with Crippen LogP contribution in [0.2, 0.25) is 0 Å². The Kier molecular flexibility index (Phi) is 5.03. The average molecular weight is 337 g/mol. The summed E-state index contributed by atoms with van der Waals surface area (Å²) in [4.78, 5) is 36.1. The Morgan fingerprint density at radius 2 is 1.92 bits per heavy atom. The van der Waals surface area contributed by atoms with Gasteiger partial charge in [-0.25, -0.2) is 4.98 Å². The number of fused-ring (bicyclic) bond motifs is 1. The summed E-state index contributed by atoms with van der Waals surface area (Å²) in [6, 6.07) is 10.1. The van der Waals surface area contributed by atoms with Crippen molar-refractivity contribution >= 4 is 28.8 Å². The maximum atomic E-state index is 12.5. The number of aromatic nitrogens is 3. The van der Waals surface area contributed by atoms with Gasteiger partial charge in [0.1, 0.15) is 6.04 Å². The van der Waals surface area contributed by atoms with Gasteiger partial charge < -0.3 is 10.3 Å². The van der Waals surface area contributed by atoms with Gasteiger partial charge in [0.2, 0.25) is 11.9 Å². The van der Waals surface area contributed by atoms with Crippen LogP contribution in [0.4, 0.5) is 5.95 Å². The second-order valence-corrected chi connectivity index (χ2v) is 5.64. The maximum absolute atomic E-state index is 12.5. The lowest BCUT2D eigenvalue weighted by molar-refractivity contribution is -0.118. The highest BCUT2D eigenvalue weighted by atomic mass is 16.2. The number of benzene rings is 1. The Labute approximate surface area is 144 Å². The Morgan fingerprint density at radius 1 is 1.16 bits per heavy atom. The van der Waals surface area contributed by atoms with Gasteiger partial charge in [0.15, 0.2) is 0 Å². The summed E-state index contributed by atoms with van der Waals surface area (Å²) in [5, 5.41) is 5.51. The van der Waals surface area contributed by atoms with Crippen molar-refractivity contribution in [2.75, 3.05) is 5.32 Å². The van der Waals surface area contributed by atoms with Crippen molar-refractivity contribution in [3.05, 3.63) is 54.4 Å². The summed E-state index contributed by atoms with van der Waals surface area (Å²) < 4.78 is 0. The minimum absolute atomic E-state index is 0.302.